The molecule has 0 saturated heterocycles. The predicted octanol–water partition coefficient (Wildman–Crippen LogP) is 2.85. The highest BCUT2D eigenvalue weighted by atomic mass is 32.1. The van der Waals surface area contributed by atoms with Gasteiger partial charge in [-0.2, -0.15) is 0 Å². The van der Waals surface area contributed by atoms with Crippen molar-refractivity contribution in [3.63, 3.8) is 0 Å². The molecule has 4 nitrogen and oxygen atoms in total. The van der Waals surface area contributed by atoms with Crippen LogP contribution in [0.25, 0.3) is 0 Å². The van der Waals surface area contributed by atoms with E-state index in [2.05, 4.69) is 47.6 Å². The van der Waals surface area contributed by atoms with Crippen molar-refractivity contribution in [1.82, 2.24) is 19.9 Å². The van der Waals surface area contributed by atoms with Crippen LogP contribution in [0.3, 0.4) is 0 Å². The van der Waals surface area contributed by atoms with E-state index in [4.69, 9.17) is 0 Å². The molecule has 0 radical (unpaired) electrons. The Hall–Kier alpha value is -1.33. The first-order valence-electron chi connectivity index (χ1n) is 6.35. The van der Waals surface area contributed by atoms with E-state index in [1.54, 1.807) is 0 Å². The van der Waals surface area contributed by atoms with Crippen molar-refractivity contribution >= 4 is 11.5 Å². The van der Waals surface area contributed by atoms with Crippen LogP contribution in [0.4, 0.5) is 0 Å². The zero-order chi connectivity index (χ0) is 14.0. The molecule has 0 saturated carbocycles. The summed E-state index contributed by atoms with van der Waals surface area (Å²) in [5.41, 5.74) is 3.46. The summed E-state index contributed by atoms with van der Waals surface area (Å²) in [4.78, 5) is 5.41. The molecule has 0 spiro atoms. The van der Waals surface area contributed by atoms with Crippen molar-refractivity contribution in [2.75, 3.05) is 7.05 Å². The van der Waals surface area contributed by atoms with Gasteiger partial charge < -0.3 is 5.32 Å². The van der Waals surface area contributed by atoms with E-state index < -0.39 is 0 Å². The Kier molecular flexibility index (Phi) is 3.96. The number of pyridine rings is 1. The summed E-state index contributed by atoms with van der Waals surface area (Å²) in [5, 5.41) is 7.68. The number of nitrogens with zero attached hydrogens (tertiary/aromatic N) is 3. The first kappa shape index (κ1) is 14.1. The van der Waals surface area contributed by atoms with Gasteiger partial charge in [0, 0.05) is 17.8 Å². The summed E-state index contributed by atoms with van der Waals surface area (Å²) in [7, 11) is 1.96. The van der Waals surface area contributed by atoms with Gasteiger partial charge in [0.2, 0.25) is 0 Å². The number of hydrogen-bond acceptors (Lipinski definition) is 5. The van der Waals surface area contributed by atoms with E-state index in [0.717, 1.165) is 5.69 Å². The zero-order valence-corrected chi connectivity index (χ0v) is 12.9. The first-order chi connectivity index (χ1) is 8.95. The van der Waals surface area contributed by atoms with Crippen LogP contribution in [-0.4, -0.2) is 21.6 Å². The number of aryl methyl sites for hydroxylation is 1. The molecule has 102 valence electrons. The Labute approximate surface area is 118 Å². The zero-order valence-electron chi connectivity index (χ0n) is 12.1. The lowest BCUT2D eigenvalue weighted by molar-refractivity contribution is 0.548. The molecule has 0 aliphatic rings. The molecule has 1 unspecified atom stereocenters. The maximum atomic E-state index is 4.32. The largest absolute Gasteiger partial charge is 0.308 e. The fourth-order valence-corrected chi connectivity index (χ4v) is 3.11. The molecule has 2 aromatic heterocycles. The number of hydrogen-bond donors (Lipinski definition) is 1. The van der Waals surface area contributed by atoms with Crippen LogP contribution in [-0.2, 0) is 5.41 Å². The van der Waals surface area contributed by atoms with Gasteiger partial charge in [-0.25, -0.2) is 0 Å². The van der Waals surface area contributed by atoms with Crippen molar-refractivity contribution in [3.05, 3.63) is 40.2 Å². The quantitative estimate of drug-likeness (QED) is 0.936. The third-order valence-electron chi connectivity index (χ3n) is 3.17. The van der Waals surface area contributed by atoms with Crippen LogP contribution in [0.5, 0.6) is 0 Å². The summed E-state index contributed by atoms with van der Waals surface area (Å²) in [6.45, 7) is 8.59. The van der Waals surface area contributed by atoms with E-state index in [1.807, 2.05) is 25.5 Å². The van der Waals surface area contributed by atoms with Gasteiger partial charge in [0.1, 0.15) is 0 Å². The highest BCUT2D eigenvalue weighted by Gasteiger charge is 2.28. The molecule has 5 heteroatoms. The van der Waals surface area contributed by atoms with Gasteiger partial charge in [0.05, 0.1) is 16.6 Å². The second-order valence-electron chi connectivity index (χ2n) is 5.69. The van der Waals surface area contributed by atoms with E-state index in [1.165, 1.54) is 27.5 Å². The molecule has 1 atom stereocenters. The summed E-state index contributed by atoms with van der Waals surface area (Å²) in [6, 6.07) is 2.13. The molecular formula is C14H20N4S. The van der Waals surface area contributed by atoms with Crippen molar-refractivity contribution in [1.29, 1.82) is 0 Å². The van der Waals surface area contributed by atoms with Gasteiger partial charge in [0.15, 0.2) is 0 Å². The molecule has 1 N–H and O–H groups in total. The lowest BCUT2D eigenvalue weighted by atomic mass is 9.88. The molecule has 2 heterocycles. The number of rotatable bonds is 3. The molecule has 19 heavy (non-hydrogen) atoms. The lowest BCUT2D eigenvalue weighted by Crippen LogP contribution is -2.23. The molecule has 0 aliphatic heterocycles. The number of aromatic nitrogens is 3. The summed E-state index contributed by atoms with van der Waals surface area (Å²) >= 11 is 1.46. The van der Waals surface area contributed by atoms with Crippen molar-refractivity contribution in [2.45, 2.75) is 39.2 Å². The highest BCUT2D eigenvalue weighted by molar-refractivity contribution is 7.05. The maximum Gasteiger partial charge on any atom is 0.0860 e. The molecule has 0 aromatic carbocycles. The predicted molar refractivity (Wildman–Crippen MR) is 78.5 cm³/mol. The number of nitrogens with one attached hydrogen (secondary N) is 1. The molecule has 0 bridgehead atoms. The van der Waals surface area contributed by atoms with Crippen LogP contribution in [0.15, 0.2) is 18.5 Å². The second kappa shape index (κ2) is 5.35. The molecule has 0 fully saturated rings. The Balaban J connectivity index is 2.50. The molecule has 2 rings (SSSR count). The Morgan fingerprint density at radius 1 is 1.32 bits per heavy atom. The minimum Gasteiger partial charge on any atom is -0.308 e. The van der Waals surface area contributed by atoms with Crippen LogP contribution in [0, 0.1) is 6.92 Å². The van der Waals surface area contributed by atoms with E-state index in [-0.39, 0.29) is 11.5 Å². The summed E-state index contributed by atoms with van der Waals surface area (Å²) < 4.78 is 4.14. The maximum absolute atomic E-state index is 4.32. The minimum absolute atomic E-state index is 0.00640. The Morgan fingerprint density at radius 2 is 2.05 bits per heavy atom. The first-order valence-corrected chi connectivity index (χ1v) is 7.13. The van der Waals surface area contributed by atoms with Crippen LogP contribution in [0.1, 0.15) is 48.5 Å². The van der Waals surface area contributed by atoms with Gasteiger partial charge in [-0.15, -0.1) is 5.10 Å². The lowest BCUT2D eigenvalue weighted by Gasteiger charge is -2.22. The smallest absolute Gasteiger partial charge is 0.0860 e. The van der Waals surface area contributed by atoms with E-state index in [0.29, 0.717) is 0 Å². The topological polar surface area (TPSA) is 50.7 Å². The SMILES string of the molecule is CNC(c1cnccc1C)c1snnc1C(C)(C)C. The average Bonchev–Trinajstić information content (AvgIpc) is 2.81. The minimum atomic E-state index is -0.00640. The summed E-state index contributed by atoms with van der Waals surface area (Å²) in [6.07, 6.45) is 3.74. The van der Waals surface area contributed by atoms with Gasteiger partial charge in [-0.05, 0) is 42.7 Å². The standard InChI is InChI=1S/C14H20N4S/c1-9-6-7-16-8-10(9)11(15-5)12-13(14(2,3)4)17-18-19-12/h6-8,11,15H,1-5H3. The Morgan fingerprint density at radius 3 is 2.63 bits per heavy atom. The van der Waals surface area contributed by atoms with Crippen molar-refractivity contribution < 1.29 is 0 Å². The van der Waals surface area contributed by atoms with Gasteiger partial charge in [-0.1, -0.05) is 25.3 Å². The van der Waals surface area contributed by atoms with Crippen LogP contribution in [0.2, 0.25) is 0 Å². The normalized spacial score (nSPS) is 13.5. The van der Waals surface area contributed by atoms with Crippen molar-refractivity contribution in [2.24, 2.45) is 0 Å². The van der Waals surface area contributed by atoms with E-state index in [9.17, 15) is 0 Å². The fraction of sp³-hybridized carbons (Fsp3) is 0.500. The fourth-order valence-electron chi connectivity index (χ4n) is 2.11. The second-order valence-corrected chi connectivity index (χ2v) is 6.48. The average molecular weight is 276 g/mol. The molecular weight excluding hydrogens is 256 g/mol. The summed E-state index contributed by atoms with van der Waals surface area (Å²) in [5.74, 6) is 0. The van der Waals surface area contributed by atoms with Gasteiger partial charge in [-0.3, -0.25) is 4.98 Å². The highest BCUT2D eigenvalue weighted by Crippen LogP contribution is 2.34. The Bertz CT molecular complexity index is 557. The van der Waals surface area contributed by atoms with Gasteiger partial charge >= 0.3 is 0 Å². The third kappa shape index (κ3) is 2.82. The van der Waals surface area contributed by atoms with E-state index >= 15 is 0 Å². The monoisotopic (exact) mass is 276 g/mol. The molecule has 0 aliphatic carbocycles. The van der Waals surface area contributed by atoms with Crippen LogP contribution >= 0.6 is 11.5 Å². The van der Waals surface area contributed by atoms with Crippen LogP contribution < -0.4 is 5.32 Å². The van der Waals surface area contributed by atoms with Gasteiger partial charge in [0.25, 0.3) is 0 Å². The molecule has 0 amide bonds. The molecule has 2 aromatic rings. The van der Waals surface area contributed by atoms with Crippen molar-refractivity contribution in [3.8, 4) is 0 Å². The third-order valence-corrected chi connectivity index (χ3v) is 3.95.